The Bertz CT molecular complexity index is 1090. The molecule has 2 heterocycles. The van der Waals surface area contributed by atoms with E-state index in [1.807, 2.05) is 36.4 Å². The number of hydroxylamine groups is 1. The molecule has 2 N–H and O–H groups in total. The lowest BCUT2D eigenvalue weighted by Crippen LogP contribution is -2.34. The monoisotopic (exact) mass is 416 g/mol. The van der Waals surface area contributed by atoms with Crippen LogP contribution in [0.3, 0.4) is 0 Å². The second kappa shape index (κ2) is 9.29. The Morgan fingerprint density at radius 1 is 1.16 bits per heavy atom. The fourth-order valence-corrected chi connectivity index (χ4v) is 4.37. The molecule has 160 valence electrons. The Balaban J connectivity index is 1.81. The molecule has 6 heteroatoms. The Kier molecular flexibility index (Phi) is 6.30. The standard InChI is InChI=1S/C25H28N4O2/c1-18-24(20-9-4-3-5-10-20)26-25(29(18)22-12-7-15-28(2)17-22)21-11-6-8-19(16-21)13-14-23(30)27-31/h3-6,8-11,13-14,16,22,31H,7,12,15,17H2,1-2H3,(H,27,30)/t22-/m1/s1. The Hall–Kier alpha value is -3.22. The molecule has 6 nitrogen and oxygen atoms in total. The number of likely N-dealkylation sites (tertiary alicyclic amines) is 1. The maximum Gasteiger partial charge on any atom is 0.267 e. The SMILES string of the molecule is Cc1c(-c2ccccc2)nc(-c2cccc(C=CC(=O)NO)c2)n1[C@@H]1CCCN(C)C1. The zero-order valence-corrected chi connectivity index (χ0v) is 18.0. The van der Waals surface area contributed by atoms with Crippen molar-refractivity contribution in [3.8, 4) is 22.6 Å². The topological polar surface area (TPSA) is 70.4 Å². The number of carbonyl (C=O) groups excluding carboxylic acids is 1. The summed E-state index contributed by atoms with van der Waals surface area (Å²) in [4.78, 5) is 18.9. The fraction of sp³-hybridized carbons (Fsp3) is 0.280. The van der Waals surface area contributed by atoms with Gasteiger partial charge in [-0.2, -0.15) is 0 Å². The minimum atomic E-state index is -0.556. The molecule has 1 aliphatic heterocycles. The van der Waals surface area contributed by atoms with Crippen LogP contribution >= 0.6 is 0 Å². The van der Waals surface area contributed by atoms with Crippen LogP contribution in [0.1, 0.15) is 30.1 Å². The molecule has 31 heavy (non-hydrogen) atoms. The summed E-state index contributed by atoms with van der Waals surface area (Å²) in [5.74, 6) is 0.387. The predicted octanol–water partition coefficient (Wildman–Crippen LogP) is 4.31. The van der Waals surface area contributed by atoms with Gasteiger partial charge in [-0.25, -0.2) is 10.5 Å². The second-order valence-electron chi connectivity index (χ2n) is 8.10. The van der Waals surface area contributed by atoms with Crippen molar-refractivity contribution in [1.29, 1.82) is 0 Å². The molecule has 0 bridgehead atoms. The molecule has 0 saturated carbocycles. The lowest BCUT2D eigenvalue weighted by Gasteiger charge is -2.32. The van der Waals surface area contributed by atoms with Crippen molar-refractivity contribution in [1.82, 2.24) is 19.9 Å². The molecular weight excluding hydrogens is 388 g/mol. The molecule has 0 spiro atoms. The van der Waals surface area contributed by atoms with Crippen LogP contribution in [0.2, 0.25) is 0 Å². The molecule has 1 aliphatic rings. The average molecular weight is 417 g/mol. The van der Waals surface area contributed by atoms with Crippen molar-refractivity contribution < 1.29 is 10.0 Å². The van der Waals surface area contributed by atoms with Gasteiger partial charge in [0.05, 0.1) is 5.69 Å². The van der Waals surface area contributed by atoms with Gasteiger partial charge in [-0.05, 0) is 51.1 Å². The zero-order valence-electron chi connectivity index (χ0n) is 18.0. The van der Waals surface area contributed by atoms with Crippen LogP contribution < -0.4 is 5.48 Å². The van der Waals surface area contributed by atoms with Crippen LogP contribution in [0, 0.1) is 6.92 Å². The van der Waals surface area contributed by atoms with E-state index in [0.717, 1.165) is 54.1 Å². The Labute approximate surface area is 182 Å². The lowest BCUT2D eigenvalue weighted by molar-refractivity contribution is -0.124. The van der Waals surface area contributed by atoms with Crippen molar-refractivity contribution >= 4 is 12.0 Å². The molecule has 3 aromatic rings. The number of benzene rings is 2. The van der Waals surface area contributed by atoms with Gasteiger partial charge in [0.1, 0.15) is 5.82 Å². The molecule has 1 saturated heterocycles. The van der Waals surface area contributed by atoms with E-state index in [1.165, 1.54) is 11.8 Å². The highest BCUT2D eigenvalue weighted by atomic mass is 16.5. The van der Waals surface area contributed by atoms with Gasteiger partial charge < -0.3 is 9.47 Å². The van der Waals surface area contributed by atoms with Gasteiger partial charge in [-0.15, -0.1) is 0 Å². The highest BCUT2D eigenvalue weighted by Gasteiger charge is 2.26. The van der Waals surface area contributed by atoms with Gasteiger partial charge in [0.25, 0.3) is 5.91 Å². The number of aromatic nitrogens is 2. The summed E-state index contributed by atoms with van der Waals surface area (Å²) in [7, 11) is 2.17. The van der Waals surface area contributed by atoms with Crippen molar-refractivity contribution in [2.75, 3.05) is 20.1 Å². The smallest absolute Gasteiger partial charge is 0.267 e. The number of hydrogen-bond acceptors (Lipinski definition) is 4. The first-order valence-electron chi connectivity index (χ1n) is 10.6. The first kappa shape index (κ1) is 21.0. The van der Waals surface area contributed by atoms with Crippen molar-refractivity contribution in [3.63, 3.8) is 0 Å². The maximum atomic E-state index is 11.4. The van der Waals surface area contributed by atoms with Gasteiger partial charge in [0.2, 0.25) is 0 Å². The van der Waals surface area contributed by atoms with E-state index >= 15 is 0 Å². The van der Waals surface area contributed by atoms with Gasteiger partial charge >= 0.3 is 0 Å². The van der Waals surface area contributed by atoms with Gasteiger partial charge in [-0.1, -0.05) is 48.5 Å². The highest BCUT2D eigenvalue weighted by molar-refractivity contribution is 5.91. The summed E-state index contributed by atoms with van der Waals surface area (Å²) in [5.41, 5.74) is 6.78. The number of amides is 1. The number of hydrogen-bond donors (Lipinski definition) is 2. The molecule has 0 aliphatic carbocycles. The first-order chi connectivity index (χ1) is 15.1. The van der Waals surface area contributed by atoms with E-state index in [2.05, 4.69) is 41.6 Å². The van der Waals surface area contributed by atoms with Gasteiger partial charge in [-0.3, -0.25) is 10.0 Å². The van der Waals surface area contributed by atoms with E-state index in [1.54, 1.807) is 11.6 Å². The molecule has 1 fully saturated rings. The van der Waals surface area contributed by atoms with E-state index in [9.17, 15) is 4.79 Å². The highest BCUT2D eigenvalue weighted by Crippen LogP contribution is 2.34. The molecule has 0 radical (unpaired) electrons. The third-order valence-electron chi connectivity index (χ3n) is 5.84. The quantitative estimate of drug-likeness (QED) is 0.369. The number of likely N-dealkylation sites (N-methyl/N-ethyl adjacent to an activating group) is 1. The number of nitrogens with zero attached hydrogens (tertiary/aromatic N) is 3. The number of piperidine rings is 1. The lowest BCUT2D eigenvalue weighted by atomic mass is 10.0. The molecule has 0 unspecified atom stereocenters. The summed E-state index contributed by atoms with van der Waals surface area (Å²) >= 11 is 0. The molecule has 1 amide bonds. The van der Waals surface area contributed by atoms with Crippen molar-refractivity contribution in [3.05, 3.63) is 71.9 Å². The average Bonchev–Trinajstić information content (AvgIpc) is 3.15. The number of imidazole rings is 1. The van der Waals surface area contributed by atoms with E-state index in [4.69, 9.17) is 10.2 Å². The third kappa shape index (κ3) is 4.60. The maximum absolute atomic E-state index is 11.4. The van der Waals surface area contributed by atoms with Crippen LogP contribution in [0.4, 0.5) is 0 Å². The molecule has 2 aromatic carbocycles. The summed E-state index contributed by atoms with van der Waals surface area (Å²) < 4.78 is 2.39. The Morgan fingerprint density at radius 3 is 2.68 bits per heavy atom. The minimum absolute atomic E-state index is 0.359. The predicted molar refractivity (Wildman–Crippen MR) is 123 cm³/mol. The van der Waals surface area contributed by atoms with Crippen LogP contribution in [-0.4, -0.2) is 45.7 Å². The minimum Gasteiger partial charge on any atom is -0.323 e. The fourth-order valence-electron chi connectivity index (χ4n) is 4.37. The van der Waals surface area contributed by atoms with Gasteiger partial charge in [0, 0.05) is 35.5 Å². The summed E-state index contributed by atoms with van der Waals surface area (Å²) in [6.45, 7) is 4.27. The van der Waals surface area contributed by atoms with Crippen LogP contribution in [0.5, 0.6) is 0 Å². The molecule has 1 aromatic heterocycles. The number of nitrogens with one attached hydrogen (secondary N) is 1. The molecule has 4 rings (SSSR count). The zero-order chi connectivity index (χ0) is 21.8. The van der Waals surface area contributed by atoms with E-state index < -0.39 is 5.91 Å². The van der Waals surface area contributed by atoms with Crippen LogP contribution in [-0.2, 0) is 4.79 Å². The largest absolute Gasteiger partial charge is 0.323 e. The number of carbonyl (C=O) groups is 1. The van der Waals surface area contributed by atoms with E-state index in [0.29, 0.717) is 6.04 Å². The molecule has 1 atom stereocenters. The third-order valence-corrected chi connectivity index (χ3v) is 5.84. The first-order valence-corrected chi connectivity index (χ1v) is 10.6. The van der Waals surface area contributed by atoms with Crippen molar-refractivity contribution in [2.24, 2.45) is 0 Å². The molecular formula is C25H28N4O2. The number of rotatable bonds is 5. The normalized spacial score (nSPS) is 17.2. The summed E-state index contributed by atoms with van der Waals surface area (Å²) in [5, 5.41) is 8.72. The second-order valence-corrected chi connectivity index (χ2v) is 8.10. The van der Waals surface area contributed by atoms with E-state index in [-0.39, 0.29) is 0 Å². The van der Waals surface area contributed by atoms with Crippen molar-refractivity contribution in [2.45, 2.75) is 25.8 Å². The van der Waals surface area contributed by atoms with Gasteiger partial charge in [0.15, 0.2) is 0 Å². The summed E-state index contributed by atoms with van der Waals surface area (Å²) in [6.07, 6.45) is 5.28. The van der Waals surface area contributed by atoms with Crippen LogP contribution in [0.15, 0.2) is 60.7 Å². The summed E-state index contributed by atoms with van der Waals surface area (Å²) in [6, 6.07) is 18.6. The van der Waals surface area contributed by atoms with Crippen LogP contribution in [0.25, 0.3) is 28.7 Å². The Morgan fingerprint density at radius 2 is 1.94 bits per heavy atom.